The Morgan fingerprint density at radius 1 is 1.43 bits per heavy atom. The van der Waals surface area contributed by atoms with Gasteiger partial charge >= 0.3 is 6.18 Å². The smallest absolute Gasteiger partial charge is 0.293 e. The van der Waals surface area contributed by atoms with E-state index >= 15 is 0 Å². The molecule has 2 rings (SSSR count). The third-order valence-corrected chi connectivity index (χ3v) is 3.68. The van der Waals surface area contributed by atoms with Crippen LogP contribution in [-0.2, 0) is 12.7 Å². The van der Waals surface area contributed by atoms with Crippen molar-refractivity contribution >= 4 is 5.78 Å². The molecule has 0 radical (unpaired) electrons. The van der Waals surface area contributed by atoms with Crippen LogP contribution in [0, 0.1) is 12.8 Å². The van der Waals surface area contributed by atoms with E-state index in [9.17, 15) is 26.7 Å². The fraction of sp³-hybridized carbons (Fsp3) is 0.692. The summed E-state index contributed by atoms with van der Waals surface area (Å²) in [6.07, 6.45) is -5.14. The summed E-state index contributed by atoms with van der Waals surface area (Å²) >= 11 is 0. The molecule has 1 unspecified atom stereocenters. The number of halogens is 5. The van der Waals surface area contributed by atoms with Crippen molar-refractivity contribution in [2.24, 2.45) is 5.92 Å². The summed E-state index contributed by atoms with van der Waals surface area (Å²) in [6.45, 7) is 2.09. The van der Waals surface area contributed by atoms with E-state index in [1.165, 1.54) is 0 Å². The van der Waals surface area contributed by atoms with Gasteiger partial charge in [-0.1, -0.05) is 0 Å². The van der Waals surface area contributed by atoms with E-state index in [0.717, 1.165) is 18.5 Å². The lowest BCUT2D eigenvalue weighted by Crippen LogP contribution is -2.19. The van der Waals surface area contributed by atoms with Gasteiger partial charge in [-0.15, -0.1) is 0 Å². The van der Waals surface area contributed by atoms with Crippen LogP contribution in [0.25, 0.3) is 0 Å². The van der Waals surface area contributed by atoms with Crippen molar-refractivity contribution in [1.82, 2.24) is 9.78 Å². The molecule has 1 aromatic rings. The lowest BCUT2D eigenvalue weighted by atomic mass is 10.1. The second kappa shape index (κ2) is 5.06. The van der Waals surface area contributed by atoms with E-state index < -0.39 is 35.1 Å². The van der Waals surface area contributed by atoms with Crippen LogP contribution in [0.4, 0.5) is 22.0 Å². The molecular weight excluding hydrogens is 295 g/mol. The summed E-state index contributed by atoms with van der Waals surface area (Å²) in [7, 11) is 0. The van der Waals surface area contributed by atoms with Gasteiger partial charge in [0.1, 0.15) is 11.3 Å². The van der Waals surface area contributed by atoms with Gasteiger partial charge in [0.05, 0.1) is 5.69 Å². The predicted molar refractivity (Wildman–Crippen MR) is 64.3 cm³/mol. The second-order valence-electron chi connectivity index (χ2n) is 5.51. The molecule has 0 spiro atoms. The molecule has 0 bridgehead atoms. The minimum atomic E-state index is -4.69. The van der Waals surface area contributed by atoms with E-state index in [4.69, 9.17) is 0 Å². The maximum absolute atomic E-state index is 13.2. The molecule has 1 aromatic heterocycles. The van der Waals surface area contributed by atoms with Gasteiger partial charge in [-0.25, -0.2) is 8.78 Å². The highest BCUT2D eigenvalue weighted by Gasteiger charge is 2.42. The number of carbonyl (C=O) groups is 1. The molecule has 0 N–H and O–H groups in total. The molecule has 0 saturated heterocycles. The summed E-state index contributed by atoms with van der Waals surface area (Å²) in [4.78, 5) is 11.5. The first-order valence-corrected chi connectivity index (χ1v) is 6.54. The first kappa shape index (κ1) is 15.9. The fourth-order valence-corrected chi connectivity index (χ4v) is 2.85. The second-order valence-corrected chi connectivity index (χ2v) is 5.51. The maximum Gasteiger partial charge on any atom is 0.420 e. The van der Waals surface area contributed by atoms with Crippen molar-refractivity contribution in [2.75, 3.05) is 0 Å². The Bertz CT molecular complexity index is 562. The molecule has 0 amide bonds. The largest absolute Gasteiger partial charge is 0.420 e. The van der Waals surface area contributed by atoms with Crippen LogP contribution in [0.1, 0.15) is 47.9 Å². The number of ketones is 1. The van der Waals surface area contributed by atoms with Crippen molar-refractivity contribution < 1.29 is 26.7 Å². The molecule has 1 aliphatic rings. The van der Waals surface area contributed by atoms with E-state index in [1.807, 2.05) is 0 Å². The highest BCUT2D eigenvalue weighted by atomic mass is 19.4. The average molecular weight is 310 g/mol. The molecule has 3 nitrogen and oxygen atoms in total. The molecule has 118 valence electrons. The van der Waals surface area contributed by atoms with Gasteiger partial charge in [0.15, 0.2) is 5.78 Å². The standard InChI is InChI=1S/C13H15F5N2O/c1-7-10(13(16,17)18)11(8(2)21)20(19-7)6-9-3-4-12(14,15)5-9/h9H,3-6H2,1-2H3. The minimum absolute atomic E-state index is 0.0958. The van der Waals surface area contributed by atoms with Crippen molar-refractivity contribution in [2.45, 2.75) is 51.8 Å². The summed E-state index contributed by atoms with van der Waals surface area (Å²) < 4.78 is 66.2. The zero-order valence-electron chi connectivity index (χ0n) is 11.6. The van der Waals surface area contributed by atoms with Gasteiger partial charge < -0.3 is 0 Å². The predicted octanol–water partition coefficient (Wildman–Crippen LogP) is 3.85. The molecular formula is C13H15F5N2O. The SMILES string of the molecule is CC(=O)c1c(C(F)(F)F)c(C)nn1CC1CCC(F)(F)C1. The van der Waals surface area contributed by atoms with Crippen LogP contribution in [0.5, 0.6) is 0 Å². The Labute approximate surface area is 118 Å². The van der Waals surface area contributed by atoms with E-state index in [0.29, 0.717) is 0 Å². The number of aryl methyl sites for hydroxylation is 1. The molecule has 0 aliphatic heterocycles. The van der Waals surface area contributed by atoms with Gasteiger partial charge in [0.2, 0.25) is 5.92 Å². The van der Waals surface area contributed by atoms with Gasteiger partial charge in [0, 0.05) is 26.3 Å². The zero-order chi connectivity index (χ0) is 16.0. The quantitative estimate of drug-likeness (QED) is 0.628. The zero-order valence-corrected chi connectivity index (χ0v) is 11.6. The average Bonchev–Trinajstić information content (AvgIpc) is 2.78. The van der Waals surface area contributed by atoms with Gasteiger partial charge in [-0.05, 0) is 19.3 Å². The number of hydrogen-bond donors (Lipinski definition) is 0. The number of nitrogens with zero attached hydrogens (tertiary/aromatic N) is 2. The summed E-state index contributed by atoms with van der Waals surface area (Å²) in [5.41, 5.74) is -1.92. The number of hydrogen-bond acceptors (Lipinski definition) is 2. The van der Waals surface area contributed by atoms with Crippen molar-refractivity contribution in [1.29, 1.82) is 0 Å². The molecule has 1 saturated carbocycles. The number of aromatic nitrogens is 2. The normalized spacial score (nSPS) is 21.8. The van der Waals surface area contributed by atoms with Crippen molar-refractivity contribution in [3.8, 4) is 0 Å². The molecule has 1 fully saturated rings. The monoisotopic (exact) mass is 310 g/mol. The van der Waals surface area contributed by atoms with E-state index in [2.05, 4.69) is 5.10 Å². The van der Waals surface area contributed by atoms with Crippen LogP contribution >= 0.6 is 0 Å². The van der Waals surface area contributed by atoms with Gasteiger partial charge in [-0.3, -0.25) is 9.48 Å². The maximum atomic E-state index is 13.2. The van der Waals surface area contributed by atoms with E-state index in [1.54, 1.807) is 0 Å². The van der Waals surface area contributed by atoms with Crippen LogP contribution in [0.2, 0.25) is 0 Å². The summed E-state index contributed by atoms with van der Waals surface area (Å²) in [6, 6.07) is 0. The third kappa shape index (κ3) is 3.24. The topological polar surface area (TPSA) is 34.9 Å². The van der Waals surface area contributed by atoms with Crippen LogP contribution in [-0.4, -0.2) is 21.5 Å². The molecule has 1 heterocycles. The minimum Gasteiger partial charge on any atom is -0.293 e. The molecule has 21 heavy (non-hydrogen) atoms. The fourth-order valence-electron chi connectivity index (χ4n) is 2.85. The van der Waals surface area contributed by atoms with Crippen LogP contribution < -0.4 is 0 Å². The van der Waals surface area contributed by atoms with Gasteiger partial charge in [-0.2, -0.15) is 18.3 Å². The van der Waals surface area contributed by atoms with Gasteiger partial charge in [0.25, 0.3) is 0 Å². The highest BCUT2D eigenvalue weighted by molar-refractivity contribution is 5.94. The Hall–Kier alpha value is -1.47. The first-order chi connectivity index (χ1) is 9.51. The number of Topliss-reactive ketones (excluding diaryl/α,β-unsaturated/α-hetero) is 1. The van der Waals surface area contributed by atoms with Crippen LogP contribution in [0.15, 0.2) is 0 Å². The summed E-state index contributed by atoms with van der Waals surface area (Å²) in [5.74, 6) is -4.03. The third-order valence-electron chi connectivity index (χ3n) is 3.68. The van der Waals surface area contributed by atoms with Crippen molar-refractivity contribution in [3.05, 3.63) is 17.0 Å². The Balaban J connectivity index is 2.35. The Morgan fingerprint density at radius 2 is 2.05 bits per heavy atom. The number of rotatable bonds is 3. The lowest BCUT2D eigenvalue weighted by Gasteiger charge is -2.13. The van der Waals surface area contributed by atoms with Crippen LogP contribution in [0.3, 0.4) is 0 Å². The van der Waals surface area contributed by atoms with Crippen molar-refractivity contribution in [3.63, 3.8) is 0 Å². The lowest BCUT2D eigenvalue weighted by molar-refractivity contribution is -0.138. The molecule has 0 aromatic carbocycles. The molecule has 1 aliphatic carbocycles. The Morgan fingerprint density at radius 3 is 2.48 bits per heavy atom. The Kier molecular flexibility index (Phi) is 3.84. The highest BCUT2D eigenvalue weighted by Crippen LogP contribution is 2.40. The van der Waals surface area contributed by atoms with E-state index in [-0.39, 0.29) is 31.5 Å². The first-order valence-electron chi connectivity index (χ1n) is 6.54. The summed E-state index contributed by atoms with van der Waals surface area (Å²) in [5, 5.41) is 3.74. The molecule has 8 heteroatoms. The molecule has 1 atom stereocenters. The number of alkyl halides is 5. The number of carbonyl (C=O) groups excluding carboxylic acids is 1.